The molecule has 22 heavy (non-hydrogen) atoms. The molecule has 0 saturated carbocycles. The van der Waals surface area contributed by atoms with Crippen LogP contribution in [0, 0.1) is 0 Å². The lowest BCUT2D eigenvalue weighted by molar-refractivity contribution is -0.137. The van der Waals surface area contributed by atoms with E-state index < -0.39 is 5.97 Å². The van der Waals surface area contributed by atoms with Gasteiger partial charge in [-0.05, 0) is 37.6 Å². The number of carbonyl (C=O) groups excluding carboxylic acids is 2. The molecule has 1 aromatic rings. The van der Waals surface area contributed by atoms with Gasteiger partial charge in [0.25, 0.3) is 0 Å². The fourth-order valence-corrected chi connectivity index (χ4v) is 2.05. The fraction of sp³-hybridized carbons (Fsp3) is 0.556. The van der Waals surface area contributed by atoms with Gasteiger partial charge in [-0.1, -0.05) is 39.0 Å². The van der Waals surface area contributed by atoms with Crippen LogP contribution in [0.25, 0.3) is 0 Å². The van der Waals surface area contributed by atoms with E-state index in [0.717, 1.165) is 12.2 Å². The van der Waals surface area contributed by atoms with Gasteiger partial charge in [-0.2, -0.15) is 0 Å². The first-order chi connectivity index (χ1) is 10.6. The van der Waals surface area contributed by atoms with Crippen molar-refractivity contribution in [2.75, 3.05) is 6.61 Å². The maximum Gasteiger partial charge on any atom is 0.318 e. The normalized spacial score (nSPS) is 10.3. The molecule has 0 aliphatic rings. The molecule has 0 amide bonds. The molecule has 0 atom stereocenters. The van der Waals surface area contributed by atoms with Crippen molar-refractivity contribution in [3.8, 4) is 11.5 Å². The molecule has 4 nitrogen and oxygen atoms in total. The van der Waals surface area contributed by atoms with Crippen LogP contribution in [0.2, 0.25) is 0 Å². The molecule has 0 heterocycles. The molecule has 1 aromatic carbocycles. The zero-order chi connectivity index (χ0) is 16.2. The summed E-state index contributed by atoms with van der Waals surface area (Å²) in [6.07, 6.45) is 7.19. The number of hydrogen-bond donors (Lipinski definition) is 0. The van der Waals surface area contributed by atoms with E-state index in [4.69, 9.17) is 9.47 Å². The summed E-state index contributed by atoms with van der Waals surface area (Å²) in [6.45, 7) is 4.28. The van der Waals surface area contributed by atoms with Crippen molar-refractivity contribution in [1.82, 2.24) is 0 Å². The molecule has 0 radical (unpaired) electrons. The molecule has 0 aromatic heterocycles. The van der Waals surface area contributed by atoms with Gasteiger partial charge in [0, 0.05) is 0 Å². The van der Waals surface area contributed by atoms with Gasteiger partial charge >= 0.3 is 5.97 Å². The number of Topliss-reactive ketones (excluding diaryl/α,β-unsaturated/α-hetero) is 1. The Bertz CT molecular complexity index is 451. The summed E-state index contributed by atoms with van der Waals surface area (Å²) < 4.78 is 10.7. The van der Waals surface area contributed by atoms with E-state index in [9.17, 15) is 9.59 Å². The van der Waals surface area contributed by atoms with Crippen molar-refractivity contribution in [1.29, 1.82) is 0 Å². The summed E-state index contributed by atoms with van der Waals surface area (Å²) in [5.41, 5.74) is 0. The number of unbranched alkanes of at least 4 members (excludes halogenated alkanes) is 5. The molecule has 0 aliphatic heterocycles. The summed E-state index contributed by atoms with van der Waals surface area (Å²) in [6, 6.07) is 6.89. The number of esters is 1. The molecule has 0 spiro atoms. The van der Waals surface area contributed by atoms with Crippen LogP contribution in [-0.4, -0.2) is 18.4 Å². The Morgan fingerprint density at radius 2 is 1.50 bits per heavy atom. The van der Waals surface area contributed by atoms with Gasteiger partial charge in [-0.25, -0.2) is 0 Å². The van der Waals surface area contributed by atoms with Gasteiger partial charge in [0.15, 0.2) is 0 Å². The minimum atomic E-state index is -0.534. The van der Waals surface area contributed by atoms with Crippen LogP contribution in [0.15, 0.2) is 24.3 Å². The smallest absolute Gasteiger partial charge is 0.318 e. The third kappa shape index (κ3) is 8.45. The number of hydrogen-bond acceptors (Lipinski definition) is 4. The van der Waals surface area contributed by atoms with Gasteiger partial charge in [-0.15, -0.1) is 0 Å². The average Bonchev–Trinajstić information content (AvgIpc) is 2.47. The standard InChI is InChI=1S/C18H26O4/c1-3-4-5-6-7-8-13-21-16-9-11-17(12-10-16)22-18(20)14-15(2)19/h9-12H,3-8,13-14H2,1-2H3. The molecule has 0 aliphatic carbocycles. The van der Waals surface area contributed by atoms with Crippen LogP contribution in [0.1, 0.15) is 58.8 Å². The van der Waals surface area contributed by atoms with Crippen molar-refractivity contribution >= 4 is 11.8 Å². The first-order valence-electron chi connectivity index (χ1n) is 8.04. The molecule has 0 bridgehead atoms. The third-order valence-electron chi connectivity index (χ3n) is 3.22. The maximum atomic E-state index is 11.4. The van der Waals surface area contributed by atoms with Gasteiger partial charge in [0.2, 0.25) is 0 Å². The van der Waals surface area contributed by atoms with E-state index in [1.165, 1.54) is 39.0 Å². The second kappa shape index (κ2) is 10.8. The van der Waals surface area contributed by atoms with Crippen molar-refractivity contribution in [3.05, 3.63) is 24.3 Å². The molecule has 0 saturated heterocycles. The Morgan fingerprint density at radius 1 is 0.909 bits per heavy atom. The van der Waals surface area contributed by atoms with Crippen LogP contribution in [-0.2, 0) is 9.59 Å². The Hall–Kier alpha value is -1.84. The summed E-state index contributed by atoms with van der Waals surface area (Å²) in [4.78, 5) is 22.2. The fourth-order valence-electron chi connectivity index (χ4n) is 2.05. The highest BCUT2D eigenvalue weighted by molar-refractivity contribution is 5.94. The van der Waals surface area contributed by atoms with E-state index in [0.29, 0.717) is 12.4 Å². The zero-order valence-corrected chi connectivity index (χ0v) is 13.6. The minimum absolute atomic E-state index is 0.198. The van der Waals surface area contributed by atoms with Gasteiger partial charge in [0.1, 0.15) is 23.7 Å². The molecular formula is C18H26O4. The largest absolute Gasteiger partial charge is 0.494 e. The summed E-state index contributed by atoms with van der Waals surface area (Å²) in [7, 11) is 0. The SMILES string of the molecule is CCCCCCCCOc1ccc(OC(=O)CC(C)=O)cc1. The van der Waals surface area contributed by atoms with E-state index in [1.54, 1.807) is 24.3 Å². The van der Waals surface area contributed by atoms with Gasteiger partial charge < -0.3 is 9.47 Å². The average molecular weight is 306 g/mol. The molecule has 1 rings (SSSR count). The van der Waals surface area contributed by atoms with Crippen molar-refractivity contribution in [2.24, 2.45) is 0 Å². The predicted octanol–water partition coefficient (Wildman–Crippen LogP) is 4.31. The quantitative estimate of drug-likeness (QED) is 0.264. The Morgan fingerprint density at radius 3 is 2.14 bits per heavy atom. The lowest BCUT2D eigenvalue weighted by atomic mass is 10.1. The Kier molecular flexibility index (Phi) is 8.96. The summed E-state index contributed by atoms with van der Waals surface area (Å²) in [5.74, 6) is 0.454. The van der Waals surface area contributed by atoms with Crippen LogP contribution in [0.4, 0.5) is 0 Å². The molecule has 0 N–H and O–H groups in total. The van der Waals surface area contributed by atoms with Gasteiger partial charge in [0.05, 0.1) is 6.61 Å². The highest BCUT2D eigenvalue weighted by Crippen LogP contribution is 2.18. The number of ether oxygens (including phenoxy) is 2. The number of ketones is 1. The van der Waals surface area contributed by atoms with Crippen LogP contribution in [0.3, 0.4) is 0 Å². The second-order valence-corrected chi connectivity index (χ2v) is 5.44. The molecule has 122 valence electrons. The highest BCUT2D eigenvalue weighted by atomic mass is 16.5. The Balaban J connectivity index is 2.21. The van der Waals surface area contributed by atoms with Crippen molar-refractivity contribution in [3.63, 3.8) is 0 Å². The van der Waals surface area contributed by atoms with E-state index in [-0.39, 0.29) is 12.2 Å². The van der Waals surface area contributed by atoms with Gasteiger partial charge in [-0.3, -0.25) is 9.59 Å². The minimum Gasteiger partial charge on any atom is -0.494 e. The maximum absolute atomic E-state index is 11.4. The first kappa shape index (κ1) is 18.2. The zero-order valence-electron chi connectivity index (χ0n) is 13.6. The van der Waals surface area contributed by atoms with Crippen LogP contribution < -0.4 is 9.47 Å². The summed E-state index contributed by atoms with van der Waals surface area (Å²) >= 11 is 0. The lowest BCUT2D eigenvalue weighted by Gasteiger charge is -2.07. The Labute approximate surface area is 132 Å². The monoisotopic (exact) mass is 306 g/mol. The molecular weight excluding hydrogens is 280 g/mol. The number of benzene rings is 1. The lowest BCUT2D eigenvalue weighted by Crippen LogP contribution is -2.11. The molecule has 0 unspecified atom stereocenters. The van der Waals surface area contributed by atoms with Crippen LogP contribution >= 0.6 is 0 Å². The first-order valence-corrected chi connectivity index (χ1v) is 8.04. The topological polar surface area (TPSA) is 52.6 Å². The third-order valence-corrected chi connectivity index (χ3v) is 3.22. The predicted molar refractivity (Wildman–Crippen MR) is 86.2 cm³/mol. The van der Waals surface area contributed by atoms with E-state index in [2.05, 4.69) is 6.92 Å². The van der Waals surface area contributed by atoms with Crippen molar-refractivity contribution in [2.45, 2.75) is 58.8 Å². The highest BCUT2D eigenvalue weighted by Gasteiger charge is 2.07. The van der Waals surface area contributed by atoms with E-state index in [1.807, 2.05) is 0 Å². The second-order valence-electron chi connectivity index (χ2n) is 5.44. The van der Waals surface area contributed by atoms with E-state index >= 15 is 0 Å². The van der Waals surface area contributed by atoms with Crippen molar-refractivity contribution < 1.29 is 19.1 Å². The van der Waals surface area contributed by atoms with Crippen LogP contribution in [0.5, 0.6) is 11.5 Å². The number of rotatable bonds is 11. The molecule has 4 heteroatoms. The number of carbonyl (C=O) groups is 2. The molecule has 0 fully saturated rings. The summed E-state index contributed by atoms with van der Waals surface area (Å²) in [5, 5.41) is 0.